The third-order valence-electron chi connectivity index (χ3n) is 7.78. The minimum Gasteiger partial charge on any atom is -0.491 e. The maximum atomic E-state index is 14.9. The summed E-state index contributed by atoms with van der Waals surface area (Å²) < 4.78 is 20.6. The van der Waals surface area contributed by atoms with Gasteiger partial charge in [0.15, 0.2) is 11.6 Å². The Bertz CT molecular complexity index is 659. The summed E-state index contributed by atoms with van der Waals surface area (Å²) in [7, 11) is 0. The first-order valence-corrected chi connectivity index (χ1v) is 13.3. The minimum absolute atomic E-state index is 0.171. The molecule has 1 aromatic carbocycles. The molecule has 31 heavy (non-hydrogen) atoms. The van der Waals surface area contributed by atoms with E-state index in [-0.39, 0.29) is 5.82 Å². The molecule has 0 saturated heterocycles. The van der Waals surface area contributed by atoms with Crippen LogP contribution in [0.15, 0.2) is 30.4 Å². The fourth-order valence-electron chi connectivity index (χ4n) is 5.78. The average molecular weight is 429 g/mol. The van der Waals surface area contributed by atoms with E-state index in [1.807, 2.05) is 6.07 Å². The van der Waals surface area contributed by atoms with Gasteiger partial charge < -0.3 is 4.74 Å². The van der Waals surface area contributed by atoms with Crippen LogP contribution in [0, 0.1) is 23.6 Å². The van der Waals surface area contributed by atoms with Gasteiger partial charge in [-0.05, 0) is 86.3 Å². The molecule has 0 radical (unpaired) electrons. The lowest BCUT2D eigenvalue weighted by Crippen LogP contribution is -2.23. The van der Waals surface area contributed by atoms with Gasteiger partial charge in [-0.1, -0.05) is 77.0 Å². The second kappa shape index (κ2) is 13.3. The van der Waals surface area contributed by atoms with Crippen LogP contribution in [0.3, 0.4) is 0 Å². The second-order valence-electron chi connectivity index (χ2n) is 10.2. The molecule has 0 spiro atoms. The Morgan fingerprint density at radius 1 is 0.935 bits per heavy atom. The quantitative estimate of drug-likeness (QED) is 0.238. The predicted molar refractivity (Wildman–Crippen MR) is 130 cm³/mol. The van der Waals surface area contributed by atoms with Crippen molar-refractivity contribution in [2.24, 2.45) is 17.8 Å². The number of halogens is 1. The van der Waals surface area contributed by atoms with E-state index in [0.717, 1.165) is 24.7 Å². The highest BCUT2D eigenvalue weighted by Gasteiger charge is 2.31. The van der Waals surface area contributed by atoms with Crippen LogP contribution in [0.1, 0.15) is 115 Å². The highest BCUT2D eigenvalue weighted by molar-refractivity contribution is 5.32. The van der Waals surface area contributed by atoms with Gasteiger partial charge >= 0.3 is 0 Å². The fraction of sp³-hybridized carbons (Fsp3) is 0.724. The van der Waals surface area contributed by atoms with Gasteiger partial charge in [-0.25, -0.2) is 4.39 Å². The topological polar surface area (TPSA) is 9.23 Å². The Hall–Kier alpha value is -1.31. The van der Waals surface area contributed by atoms with Crippen molar-refractivity contribution in [3.05, 3.63) is 41.7 Å². The van der Waals surface area contributed by atoms with Crippen LogP contribution in [0.25, 0.3) is 0 Å². The van der Waals surface area contributed by atoms with Crippen molar-refractivity contribution >= 4 is 0 Å². The van der Waals surface area contributed by atoms with E-state index in [1.165, 1.54) is 82.6 Å². The molecule has 0 N–H and O–H groups in total. The number of unbranched alkanes of at least 4 members (excludes halogenated alkanes) is 3. The number of rotatable bonds is 12. The number of ether oxygens (including phenoxy) is 1. The first-order chi connectivity index (χ1) is 15.2. The van der Waals surface area contributed by atoms with Gasteiger partial charge in [0.05, 0.1) is 6.61 Å². The molecule has 1 saturated carbocycles. The second-order valence-corrected chi connectivity index (χ2v) is 10.2. The van der Waals surface area contributed by atoms with Crippen molar-refractivity contribution in [1.82, 2.24) is 0 Å². The summed E-state index contributed by atoms with van der Waals surface area (Å²) in [4.78, 5) is 0. The molecule has 1 nitrogen and oxygen atoms in total. The van der Waals surface area contributed by atoms with Gasteiger partial charge in [0.25, 0.3) is 0 Å². The largest absolute Gasteiger partial charge is 0.491 e. The Morgan fingerprint density at radius 3 is 2.42 bits per heavy atom. The molecular formula is C29H45FO. The van der Waals surface area contributed by atoms with E-state index >= 15 is 0 Å². The van der Waals surface area contributed by atoms with Crippen LogP contribution in [0.5, 0.6) is 5.75 Å². The summed E-state index contributed by atoms with van der Waals surface area (Å²) in [6.07, 6.45) is 22.5. The zero-order chi connectivity index (χ0) is 21.9. The molecule has 1 fully saturated rings. The predicted octanol–water partition coefficient (Wildman–Crippen LogP) is 9.22. The molecule has 2 aliphatic carbocycles. The lowest BCUT2D eigenvalue weighted by atomic mass is 9.69. The van der Waals surface area contributed by atoms with E-state index in [0.29, 0.717) is 24.2 Å². The highest BCUT2D eigenvalue weighted by atomic mass is 19.1. The summed E-state index contributed by atoms with van der Waals surface area (Å²) in [6, 6.07) is 5.86. The van der Waals surface area contributed by atoms with Crippen molar-refractivity contribution in [2.45, 2.75) is 110 Å². The summed E-state index contributed by atoms with van der Waals surface area (Å²) in [5.74, 6) is 3.13. The van der Waals surface area contributed by atoms with Crippen LogP contribution in [-0.2, 0) is 0 Å². The van der Waals surface area contributed by atoms with Crippen molar-refractivity contribution in [2.75, 3.05) is 6.61 Å². The normalized spacial score (nSPS) is 24.8. The van der Waals surface area contributed by atoms with Crippen LogP contribution < -0.4 is 4.74 Å². The molecule has 0 aromatic heterocycles. The summed E-state index contributed by atoms with van der Waals surface area (Å²) in [5.41, 5.74) is 1.21. The molecule has 2 atom stereocenters. The molecule has 1 aromatic rings. The van der Waals surface area contributed by atoms with Gasteiger partial charge in [-0.15, -0.1) is 0 Å². The van der Waals surface area contributed by atoms with E-state index in [9.17, 15) is 4.39 Å². The SMILES string of the molecule is CCCCCC1CCC(C(CC2CC=CCC2)c2ccc(OCCCC)c(F)c2)CC1. The molecule has 174 valence electrons. The summed E-state index contributed by atoms with van der Waals surface area (Å²) in [6.45, 7) is 5.03. The smallest absolute Gasteiger partial charge is 0.165 e. The van der Waals surface area contributed by atoms with E-state index < -0.39 is 0 Å². The minimum atomic E-state index is -0.171. The zero-order valence-electron chi connectivity index (χ0n) is 20.1. The first kappa shape index (κ1) is 24.3. The highest BCUT2D eigenvalue weighted by Crippen LogP contribution is 2.44. The monoisotopic (exact) mass is 428 g/mol. The van der Waals surface area contributed by atoms with Crippen LogP contribution in [0.2, 0.25) is 0 Å². The number of hydrogen-bond acceptors (Lipinski definition) is 1. The maximum Gasteiger partial charge on any atom is 0.165 e. The third kappa shape index (κ3) is 7.65. The van der Waals surface area contributed by atoms with Crippen molar-refractivity contribution in [3.8, 4) is 5.75 Å². The molecule has 2 aliphatic rings. The van der Waals surface area contributed by atoms with Gasteiger partial charge in [0.2, 0.25) is 0 Å². The fourth-order valence-corrected chi connectivity index (χ4v) is 5.78. The Labute approximate surface area is 190 Å². The molecular weight excluding hydrogens is 383 g/mol. The number of hydrogen-bond donors (Lipinski definition) is 0. The number of benzene rings is 1. The van der Waals surface area contributed by atoms with E-state index in [1.54, 1.807) is 6.07 Å². The van der Waals surface area contributed by atoms with Gasteiger partial charge in [0.1, 0.15) is 0 Å². The lowest BCUT2D eigenvalue weighted by molar-refractivity contribution is 0.209. The van der Waals surface area contributed by atoms with Gasteiger partial charge in [-0.2, -0.15) is 0 Å². The van der Waals surface area contributed by atoms with Gasteiger partial charge in [-0.3, -0.25) is 0 Å². The molecule has 3 rings (SSSR count). The molecule has 0 bridgehead atoms. The summed E-state index contributed by atoms with van der Waals surface area (Å²) >= 11 is 0. The maximum absolute atomic E-state index is 14.9. The number of allylic oxidation sites excluding steroid dienone is 2. The Balaban J connectivity index is 1.67. The summed E-state index contributed by atoms with van der Waals surface area (Å²) in [5, 5.41) is 0. The lowest BCUT2D eigenvalue weighted by Gasteiger charge is -2.36. The van der Waals surface area contributed by atoms with Crippen molar-refractivity contribution in [1.29, 1.82) is 0 Å². The van der Waals surface area contributed by atoms with Crippen molar-refractivity contribution < 1.29 is 9.13 Å². The van der Waals surface area contributed by atoms with Crippen LogP contribution in [-0.4, -0.2) is 6.61 Å². The first-order valence-electron chi connectivity index (χ1n) is 13.3. The molecule has 0 heterocycles. The third-order valence-corrected chi connectivity index (χ3v) is 7.78. The van der Waals surface area contributed by atoms with E-state index in [2.05, 4.69) is 32.1 Å². The Morgan fingerprint density at radius 2 is 1.74 bits per heavy atom. The molecule has 0 aliphatic heterocycles. The zero-order valence-corrected chi connectivity index (χ0v) is 20.1. The van der Waals surface area contributed by atoms with Crippen molar-refractivity contribution in [3.63, 3.8) is 0 Å². The Kier molecular flexibility index (Phi) is 10.4. The molecule has 2 unspecified atom stereocenters. The van der Waals surface area contributed by atoms with Crippen LogP contribution >= 0.6 is 0 Å². The average Bonchev–Trinajstić information content (AvgIpc) is 2.80. The molecule has 2 heteroatoms. The van der Waals surface area contributed by atoms with Gasteiger partial charge in [0, 0.05) is 0 Å². The molecule has 0 amide bonds. The standard InChI is InChI=1S/C29H45FO/c1-3-5-8-11-23-14-16-25(17-15-23)27(21-24-12-9-7-10-13-24)26-18-19-29(28(30)22-26)31-20-6-4-2/h7,9,18-19,22-25,27H,3-6,8,10-17,20-21H2,1-2H3. The van der Waals surface area contributed by atoms with E-state index in [4.69, 9.17) is 4.74 Å². The van der Waals surface area contributed by atoms with Crippen LogP contribution in [0.4, 0.5) is 4.39 Å².